The SMILES string of the molecule is CN1C(=O)N(CC(=O)c2ccccc2)C(=O)C1(C)[C@H]1C[C@H]2CC=C1CC2. The van der Waals surface area contributed by atoms with Gasteiger partial charge in [0.05, 0.1) is 6.54 Å². The molecule has 0 spiro atoms. The summed E-state index contributed by atoms with van der Waals surface area (Å²) in [6.45, 7) is 1.67. The van der Waals surface area contributed by atoms with E-state index in [1.54, 1.807) is 36.2 Å². The first-order valence-electron chi connectivity index (χ1n) is 9.30. The molecular weight excluding hydrogens is 328 g/mol. The molecule has 2 bridgehead atoms. The monoisotopic (exact) mass is 352 g/mol. The van der Waals surface area contributed by atoms with Crippen molar-refractivity contribution in [1.82, 2.24) is 9.80 Å². The zero-order valence-corrected chi connectivity index (χ0v) is 15.3. The standard InChI is InChI=1S/C21H24N2O3/c1-21(17-12-14-8-10-15(17)11-9-14)19(25)23(20(26)22(21)2)13-18(24)16-6-4-3-5-7-16/h3-7,10,14,17H,8-9,11-13H2,1-2H3/t14-,17-,21?/m0/s1. The van der Waals surface area contributed by atoms with E-state index in [1.807, 2.05) is 13.0 Å². The largest absolute Gasteiger partial charge is 0.327 e. The first-order valence-corrected chi connectivity index (χ1v) is 9.30. The van der Waals surface area contributed by atoms with Crippen LogP contribution in [0, 0.1) is 11.8 Å². The number of rotatable bonds is 4. The first kappa shape index (κ1) is 17.0. The molecule has 1 saturated carbocycles. The van der Waals surface area contributed by atoms with Crippen molar-refractivity contribution in [3.8, 4) is 0 Å². The Labute approximate surface area is 153 Å². The highest BCUT2D eigenvalue weighted by Crippen LogP contribution is 2.49. The third-order valence-electron chi connectivity index (χ3n) is 6.54. The Morgan fingerprint density at radius 2 is 1.96 bits per heavy atom. The molecule has 1 heterocycles. The predicted octanol–water partition coefficient (Wildman–Crippen LogP) is 3.27. The number of hydrogen-bond acceptors (Lipinski definition) is 3. The van der Waals surface area contributed by atoms with E-state index in [0.29, 0.717) is 11.5 Å². The van der Waals surface area contributed by atoms with Gasteiger partial charge in [-0.05, 0) is 38.5 Å². The van der Waals surface area contributed by atoms with Crippen molar-refractivity contribution in [2.75, 3.05) is 13.6 Å². The molecule has 1 aromatic carbocycles. The van der Waals surface area contributed by atoms with E-state index in [2.05, 4.69) is 6.08 Å². The summed E-state index contributed by atoms with van der Waals surface area (Å²) < 4.78 is 0. The fourth-order valence-corrected chi connectivity index (χ4v) is 4.78. The molecule has 1 aliphatic heterocycles. The number of ketones is 1. The molecule has 0 radical (unpaired) electrons. The van der Waals surface area contributed by atoms with E-state index in [1.165, 1.54) is 12.0 Å². The lowest BCUT2D eigenvalue weighted by Gasteiger charge is -2.45. The number of benzene rings is 1. The molecule has 5 nitrogen and oxygen atoms in total. The summed E-state index contributed by atoms with van der Waals surface area (Å²) in [5, 5.41) is 0. The Bertz CT molecular complexity index is 801. The third-order valence-corrected chi connectivity index (χ3v) is 6.54. The Balaban J connectivity index is 1.60. The van der Waals surface area contributed by atoms with E-state index >= 15 is 0 Å². The van der Waals surface area contributed by atoms with Gasteiger partial charge in [-0.15, -0.1) is 0 Å². The Morgan fingerprint density at radius 1 is 1.23 bits per heavy atom. The van der Waals surface area contributed by atoms with Crippen LogP contribution in [0.4, 0.5) is 4.79 Å². The zero-order chi connectivity index (χ0) is 18.5. The van der Waals surface area contributed by atoms with Crippen molar-refractivity contribution in [2.45, 2.75) is 38.1 Å². The van der Waals surface area contributed by atoms with E-state index in [9.17, 15) is 14.4 Å². The number of imide groups is 1. The summed E-state index contributed by atoms with van der Waals surface area (Å²) in [6, 6.07) is 8.44. The zero-order valence-electron chi connectivity index (χ0n) is 15.3. The van der Waals surface area contributed by atoms with Gasteiger partial charge in [-0.3, -0.25) is 14.5 Å². The molecule has 0 N–H and O–H groups in total. The van der Waals surface area contributed by atoms with Crippen LogP contribution in [0.1, 0.15) is 43.0 Å². The number of amides is 3. The van der Waals surface area contributed by atoms with Gasteiger partial charge in [0.15, 0.2) is 5.78 Å². The molecule has 1 aromatic rings. The van der Waals surface area contributed by atoms with Crippen LogP contribution in [0.25, 0.3) is 0 Å². The number of urea groups is 1. The maximum atomic E-state index is 13.3. The quantitative estimate of drug-likeness (QED) is 0.475. The van der Waals surface area contributed by atoms with E-state index in [0.717, 1.165) is 24.2 Å². The van der Waals surface area contributed by atoms with Gasteiger partial charge in [-0.1, -0.05) is 42.0 Å². The van der Waals surface area contributed by atoms with Crippen LogP contribution in [-0.4, -0.2) is 46.7 Å². The van der Waals surface area contributed by atoms with Crippen LogP contribution in [0.15, 0.2) is 42.0 Å². The number of Topliss-reactive ketones (excluding diaryl/α,β-unsaturated/α-hetero) is 1. The first-order chi connectivity index (χ1) is 12.4. The lowest BCUT2D eigenvalue weighted by atomic mass is 9.64. The summed E-state index contributed by atoms with van der Waals surface area (Å²) in [4.78, 5) is 41.3. The molecule has 5 rings (SSSR count). The second-order valence-electron chi connectivity index (χ2n) is 7.88. The average molecular weight is 352 g/mol. The molecule has 26 heavy (non-hydrogen) atoms. The normalized spacial score (nSPS) is 30.8. The van der Waals surface area contributed by atoms with Gasteiger partial charge >= 0.3 is 6.03 Å². The van der Waals surface area contributed by atoms with Crippen molar-refractivity contribution < 1.29 is 14.4 Å². The summed E-state index contributed by atoms with van der Waals surface area (Å²) in [5.74, 6) is 0.209. The molecule has 3 amide bonds. The lowest BCUT2D eigenvalue weighted by Crippen LogP contribution is -2.54. The molecule has 2 fully saturated rings. The highest BCUT2D eigenvalue weighted by molar-refractivity contribution is 6.11. The highest BCUT2D eigenvalue weighted by atomic mass is 16.2. The fraction of sp³-hybridized carbons (Fsp3) is 0.476. The number of hydrogen-bond donors (Lipinski definition) is 0. The Kier molecular flexibility index (Phi) is 3.98. The number of nitrogens with zero attached hydrogens (tertiary/aromatic N) is 2. The molecular formula is C21H24N2O3. The van der Waals surface area contributed by atoms with Crippen molar-refractivity contribution >= 4 is 17.7 Å². The van der Waals surface area contributed by atoms with Gasteiger partial charge in [0, 0.05) is 18.5 Å². The van der Waals surface area contributed by atoms with Crippen LogP contribution in [0.3, 0.4) is 0 Å². The minimum atomic E-state index is -0.890. The highest BCUT2D eigenvalue weighted by Gasteiger charge is 2.58. The summed E-state index contributed by atoms with van der Waals surface area (Å²) in [5.41, 5.74) is 0.932. The van der Waals surface area contributed by atoms with Gasteiger partial charge < -0.3 is 4.90 Å². The topological polar surface area (TPSA) is 57.7 Å². The van der Waals surface area contributed by atoms with E-state index in [-0.39, 0.29) is 30.2 Å². The molecule has 1 unspecified atom stereocenters. The van der Waals surface area contributed by atoms with Crippen molar-refractivity contribution in [3.63, 3.8) is 0 Å². The van der Waals surface area contributed by atoms with Gasteiger partial charge in [-0.25, -0.2) is 4.79 Å². The van der Waals surface area contributed by atoms with E-state index in [4.69, 9.17) is 0 Å². The fourth-order valence-electron chi connectivity index (χ4n) is 4.78. The van der Waals surface area contributed by atoms with Crippen LogP contribution in [-0.2, 0) is 4.79 Å². The summed E-state index contributed by atoms with van der Waals surface area (Å²) in [6.07, 6.45) is 6.50. The Morgan fingerprint density at radius 3 is 2.54 bits per heavy atom. The number of carbonyl (C=O) groups excluding carboxylic acids is 3. The van der Waals surface area contributed by atoms with Gasteiger partial charge in [0.2, 0.25) is 0 Å². The Hall–Kier alpha value is -2.43. The maximum absolute atomic E-state index is 13.3. The minimum absolute atomic E-state index is 0.0632. The summed E-state index contributed by atoms with van der Waals surface area (Å²) in [7, 11) is 1.69. The van der Waals surface area contributed by atoms with Gasteiger partial charge in [-0.2, -0.15) is 0 Å². The molecule has 3 aliphatic carbocycles. The van der Waals surface area contributed by atoms with Crippen LogP contribution in [0.5, 0.6) is 0 Å². The maximum Gasteiger partial charge on any atom is 0.327 e. The third kappa shape index (κ3) is 2.41. The second-order valence-corrected chi connectivity index (χ2v) is 7.88. The molecule has 1 saturated heterocycles. The van der Waals surface area contributed by atoms with Crippen molar-refractivity contribution in [3.05, 3.63) is 47.5 Å². The average Bonchev–Trinajstić information content (AvgIpc) is 2.85. The second kappa shape index (κ2) is 6.08. The van der Waals surface area contributed by atoms with Crippen LogP contribution < -0.4 is 0 Å². The molecule has 5 heteroatoms. The van der Waals surface area contributed by atoms with Crippen molar-refractivity contribution in [2.24, 2.45) is 11.8 Å². The number of allylic oxidation sites excluding steroid dienone is 1. The number of likely N-dealkylation sites (N-methyl/N-ethyl adjacent to an activating group) is 1. The predicted molar refractivity (Wildman–Crippen MR) is 97.6 cm³/mol. The smallest absolute Gasteiger partial charge is 0.312 e. The molecule has 0 aromatic heterocycles. The van der Waals surface area contributed by atoms with Crippen LogP contribution >= 0.6 is 0 Å². The van der Waals surface area contributed by atoms with Gasteiger partial charge in [0.25, 0.3) is 5.91 Å². The van der Waals surface area contributed by atoms with Crippen LogP contribution in [0.2, 0.25) is 0 Å². The van der Waals surface area contributed by atoms with E-state index < -0.39 is 5.54 Å². The lowest BCUT2D eigenvalue weighted by molar-refractivity contribution is -0.134. The number of carbonyl (C=O) groups is 3. The summed E-state index contributed by atoms with van der Waals surface area (Å²) >= 11 is 0. The van der Waals surface area contributed by atoms with Crippen molar-refractivity contribution in [1.29, 1.82) is 0 Å². The molecule has 4 aliphatic rings. The molecule has 136 valence electrons. The minimum Gasteiger partial charge on any atom is -0.312 e. The number of fused-ring (bicyclic) bond motifs is 3. The van der Waals surface area contributed by atoms with Gasteiger partial charge in [0.1, 0.15) is 5.54 Å². The molecule has 3 atom stereocenters.